The highest BCUT2D eigenvalue weighted by atomic mass is 127. The number of rotatable bonds is 7. The van der Waals surface area contributed by atoms with E-state index in [1.165, 1.54) is 12.1 Å². The van der Waals surface area contributed by atoms with E-state index in [0.717, 1.165) is 37.2 Å². The molecule has 0 aromatic heterocycles. The quantitative estimate of drug-likeness (QED) is 0.272. The second kappa shape index (κ2) is 13.1. The third-order valence-electron chi connectivity index (χ3n) is 4.95. The van der Waals surface area contributed by atoms with E-state index in [-0.39, 0.29) is 41.9 Å². The lowest BCUT2D eigenvalue weighted by Gasteiger charge is -2.18. The Labute approximate surface area is 205 Å². The number of nitrogens with one attached hydrogen (secondary N) is 3. The highest BCUT2D eigenvalue weighted by Gasteiger charge is 2.17. The summed E-state index contributed by atoms with van der Waals surface area (Å²) in [6.07, 6.45) is 1.95. The first kappa shape index (κ1) is 25.7. The van der Waals surface area contributed by atoms with Crippen LogP contribution in [0.5, 0.6) is 5.75 Å². The van der Waals surface area contributed by atoms with Crippen LogP contribution in [0.3, 0.4) is 0 Å². The monoisotopic (exact) mass is 555 g/mol. The summed E-state index contributed by atoms with van der Waals surface area (Å²) in [4.78, 5) is 18.3. The van der Waals surface area contributed by atoms with Crippen LogP contribution >= 0.6 is 24.0 Å². The molecule has 0 spiro atoms. The second-order valence-corrected chi connectivity index (χ2v) is 7.52. The summed E-state index contributed by atoms with van der Waals surface area (Å²) >= 11 is 0. The number of nitrogens with zero attached hydrogens (tertiary/aromatic N) is 2. The summed E-state index contributed by atoms with van der Waals surface area (Å²) in [5.41, 5.74) is 1.79. The SMILES string of the molecule is CN=C(NCc1cccc(NC(=O)N2CCCC2)c1)NCC(C)Oc1cccc(F)c1.I. The molecule has 174 valence electrons. The van der Waals surface area contributed by atoms with Crippen molar-refractivity contribution in [2.45, 2.75) is 32.4 Å². The zero-order valence-corrected chi connectivity index (χ0v) is 20.8. The number of urea groups is 1. The Balaban J connectivity index is 0.00000363. The van der Waals surface area contributed by atoms with Gasteiger partial charge in [-0.25, -0.2) is 9.18 Å². The predicted octanol–water partition coefficient (Wildman–Crippen LogP) is 4.20. The third kappa shape index (κ3) is 8.18. The number of aliphatic imine (C=N–C) groups is 1. The van der Waals surface area contributed by atoms with Gasteiger partial charge in [-0.1, -0.05) is 18.2 Å². The number of carbonyl (C=O) groups is 1. The van der Waals surface area contributed by atoms with Gasteiger partial charge in [0.25, 0.3) is 0 Å². The zero-order chi connectivity index (χ0) is 22.1. The Morgan fingerprint density at radius 2 is 1.91 bits per heavy atom. The molecule has 32 heavy (non-hydrogen) atoms. The van der Waals surface area contributed by atoms with E-state index in [0.29, 0.717) is 24.8 Å². The summed E-state index contributed by atoms with van der Waals surface area (Å²) in [7, 11) is 1.69. The van der Waals surface area contributed by atoms with Crippen molar-refractivity contribution in [3.63, 3.8) is 0 Å². The van der Waals surface area contributed by atoms with Crippen molar-refractivity contribution in [1.29, 1.82) is 0 Å². The summed E-state index contributed by atoms with van der Waals surface area (Å²) in [6.45, 7) is 4.58. The molecule has 0 aliphatic carbocycles. The van der Waals surface area contributed by atoms with Gasteiger partial charge >= 0.3 is 6.03 Å². The molecule has 2 amide bonds. The van der Waals surface area contributed by atoms with Gasteiger partial charge in [0, 0.05) is 38.4 Å². The molecule has 1 fully saturated rings. The molecule has 9 heteroatoms. The molecular weight excluding hydrogens is 524 g/mol. The Morgan fingerprint density at radius 3 is 2.62 bits per heavy atom. The summed E-state index contributed by atoms with van der Waals surface area (Å²) in [5.74, 6) is 0.792. The molecule has 1 heterocycles. The first-order valence-corrected chi connectivity index (χ1v) is 10.5. The van der Waals surface area contributed by atoms with Gasteiger partial charge in [0.15, 0.2) is 5.96 Å². The van der Waals surface area contributed by atoms with Gasteiger partial charge < -0.3 is 25.6 Å². The molecule has 3 rings (SSSR count). The highest BCUT2D eigenvalue weighted by Crippen LogP contribution is 2.15. The minimum absolute atomic E-state index is 0. The van der Waals surface area contributed by atoms with Crippen molar-refractivity contribution in [2.24, 2.45) is 4.99 Å². The lowest BCUT2D eigenvalue weighted by molar-refractivity contribution is 0.222. The Hall–Kier alpha value is -2.56. The highest BCUT2D eigenvalue weighted by molar-refractivity contribution is 14.0. The molecule has 2 aromatic rings. The lowest BCUT2D eigenvalue weighted by atomic mass is 10.2. The van der Waals surface area contributed by atoms with E-state index in [9.17, 15) is 9.18 Å². The van der Waals surface area contributed by atoms with Crippen molar-refractivity contribution >= 4 is 41.7 Å². The van der Waals surface area contributed by atoms with Crippen LogP contribution in [0.4, 0.5) is 14.9 Å². The number of carbonyl (C=O) groups excluding carboxylic acids is 1. The topological polar surface area (TPSA) is 78.0 Å². The van der Waals surface area contributed by atoms with E-state index < -0.39 is 0 Å². The Kier molecular flexibility index (Phi) is 10.5. The van der Waals surface area contributed by atoms with Crippen LogP contribution in [0.25, 0.3) is 0 Å². The van der Waals surface area contributed by atoms with Crippen molar-refractivity contribution in [3.05, 3.63) is 59.9 Å². The molecular formula is C23H31FIN5O2. The number of anilines is 1. The standard InChI is InChI=1S/C23H30FN5O2.HI/c1-17(31-21-10-6-8-19(24)14-21)15-26-22(25-2)27-16-18-7-5-9-20(13-18)28-23(30)29-11-3-4-12-29;/h5-10,13-14,17H,3-4,11-12,15-16H2,1-2H3,(H,28,30)(H2,25,26,27);1H. The fraction of sp³-hybridized carbons (Fsp3) is 0.391. The first-order chi connectivity index (χ1) is 15.0. The van der Waals surface area contributed by atoms with E-state index in [4.69, 9.17) is 4.74 Å². The molecule has 0 radical (unpaired) electrons. The smallest absolute Gasteiger partial charge is 0.321 e. The molecule has 1 unspecified atom stereocenters. The van der Waals surface area contributed by atoms with Crippen molar-refractivity contribution in [1.82, 2.24) is 15.5 Å². The molecule has 2 aromatic carbocycles. The average molecular weight is 555 g/mol. The third-order valence-corrected chi connectivity index (χ3v) is 4.95. The van der Waals surface area contributed by atoms with Crippen LogP contribution in [0, 0.1) is 5.82 Å². The predicted molar refractivity (Wildman–Crippen MR) is 136 cm³/mol. The van der Waals surface area contributed by atoms with E-state index in [1.807, 2.05) is 36.1 Å². The Bertz CT molecular complexity index is 905. The summed E-state index contributed by atoms with van der Waals surface area (Å²) in [6, 6.07) is 13.8. The first-order valence-electron chi connectivity index (χ1n) is 10.5. The number of benzene rings is 2. The molecule has 1 aliphatic heterocycles. The van der Waals surface area contributed by atoms with Crippen LogP contribution < -0.4 is 20.7 Å². The van der Waals surface area contributed by atoms with Crippen molar-refractivity contribution < 1.29 is 13.9 Å². The van der Waals surface area contributed by atoms with Gasteiger partial charge in [-0.3, -0.25) is 4.99 Å². The van der Waals surface area contributed by atoms with Gasteiger partial charge in [-0.2, -0.15) is 0 Å². The molecule has 3 N–H and O–H groups in total. The fourth-order valence-electron chi connectivity index (χ4n) is 3.34. The van der Waals surface area contributed by atoms with Gasteiger partial charge in [0.2, 0.25) is 0 Å². The number of amides is 2. The molecule has 1 saturated heterocycles. The van der Waals surface area contributed by atoms with Crippen molar-refractivity contribution in [3.8, 4) is 5.75 Å². The van der Waals surface area contributed by atoms with Gasteiger partial charge in [-0.15, -0.1) is 24.0 Å². The maximum Gasteiger partial charge on any atom is 0.321 e. The van der Waals surface area contributed by atoms with Gasteiger partial charge in [-0.05, 0) is 49.6 Å². The Morgan fingerprint density at radius 1 is 1.16 bits per heavy atom. The maximum absolute atomic E-state index is 13.3. The van der Waals surface area contributed by atoms with E-state index >= 15 is 0 Å². The lowest BCUT2D eigenvalue weighted by Crippen LogP contribution is -2.41. The maximum atomic E-state index is 13.3. The number of hydrogen-bond donors (Lipinski definition) is 3. The van der Waals surface area contributed by atoms with Gasteiger partial charge in [0.1, 0.15) is 17.7 Å². The molecule has 1 aliphatic rings. The van der Waals surface area contributed by atoms with Gasteiger partial charge in [0.05, 0.1) is 6.54 Å². The minimum atomic E-state index is -0.325. The van der Waals surface area contributed by atoms with Crippen molar-refractivity contribution in [2.75, 3.05) is 32.0 Å². The number of halogens is 2. The van der Waals surface area contributed by atoms with Crippen LogP contribution in [0.1, 0.15) is 25.3 Å². The molecule has 1 atom stereocenters. The molecule has 7 nitrogen and oxygen atoms in total. The van der Waals surface area contributed by atoms with Crippen LogP contribution in [-0.2, 0) is 6.54 Å². The molecule has 0 bridgehead atoms. The average Bonchev–Trinajstić information content (AvgIpc) is 3.29. The van der Waals surface area contributed by atoms with E-state index in [2.05, 4.69) is 20.9 Å². The number of guanidine groups is 1. The number of likely N-dealkylation sites (tertiary alicyclic amines) is 1. The summed E-state index contributed by atoms with van der Waals surface area (Å²) in [5, 5.41) is 9.42. The zero-order valence-electron chi connectivity index (χ0n) is 18.4. The van der Waals surface area contributed by atoms with Crippen LogP contribution in [0.15, 0.2) is 53.5 Å². The summed E-state index contributed by atoms with van der Waals surface area (Å²) < 4.78 is 19.0. The minimum Gasteiger partial charge on any atom is -0.489 e. The number of hydrogen-bond acceptors (Lipinski definition) is 3. The van der Waals surface area contributed by atoms with E-state index in [1.54, 1.807) is 19.2 Å². The normalized spacial score (nSPS) is 14.3. The van der Waals surface area contributed by atoms with Crippen LogP contribution in [-0.4, -0.2) is 49.7 Å². The largest absolute Gasteiger partial charge is 0.489 e. The fourth-order valence-corrected chi connectivity index (χ4v) is 3.34. The van der Waals surface area contributed by atoms with Crippen LogP contribution in [0.2, 0.25) is 0 Å². The molecule has 0 saturated carbocycles. The number of ether oxygens (including phenoxy) is 1. The second-order valence-electron chi connectivity index (χ2n) is 7.52.